The van der Waals surface area contributed by atoms with E-state index in [9.17, 15) is 4.79 Å². The molecule has 7 nitrogen and oxygen atoms in total. The molecule has 0 aliphatic carbocycles. The van der Waals surface area contributed by atoms with Crippen molar-refractivity contribution in [3.05, 3.63) is 42.1 Å². The number of nitrogens with one attached hydrogen (secondary N) is 1. The van der Waals surface area contributed by atoms with E-state index in [0.717, 1.165) is 5.46 Å². The van der Waals surface area contributed by atoms with Crippen LogP contribution >= 0.6 is 0 Å². The Kier molecular flexibility index (Phi) is 4.34. The first-order valence-corrected chi connectivity index (χ1v) is 8.09. The first kappa shape index (κ1) is 17.5. The Hall–Kier alpha value is -2.32. The molecule has 3 heterocycles. The Morgan fingerprint density at radius 3 is 2.12 bits per heavy atom. The minimum absolute atomic E-state index is 0.309. The van der Waals surface area contributed by atoms with Crippen LogP contribution in [0.2, 0.25) is 0 Å². The van der Waals surface area contributed by atoms with Crippen LogP contribution in [0.3, 0.4) is 0 Å². The fourth-order valence-electron chi connectivity index (χ4n) is 2.30. The Bertz CT molecular complexity index is 759. The molecule has 0 atom stereocenters. The minimum atomic E-state index is -0.479. The normalized spacial score (nSPS) is 18.2. The smallest absolute Gasteiger partial charge is 0.399 e. The zero-order valence-electron chi connectivity index (χ0n) is 15.0. The van der Waals surface area contributed by atoms with Gasteiger partial charge in [-0.2, -0.15) is 0 Å². The second kappa shape index (κ2) is 6.20. The summed E-state index contributed by atoms with van der Waals surface area (Å²) in [6, 6.07) is 3.55. The van der Waals surface area contributed by atoms with E-state index in [-0.39, 0.29) is 5.91 Å². The Morgan fingerprint density at radius 2 is 1.60 bits per heavy atom. The van der Waals surface area contributed by atoms with Crippen LogP contribution in [0.15, 0.2) is 30.7 Å². The van der Waals surface area contributed by atoms with Crippen LogP contribution in [0.4, 0.5) is 5.82 Å². The van der Waals surface area contributed by atoms with E-state index in [1.807, 2.05) is 33.8 Å². The van der Waals surface area contributed by atoms with E-state index >= 15 is 0 Å². The maximum absolute atomic E-state index is 12.2. The molecular weight excluding hydrogens is 319 g/mol. The molecule has 1 fully saturated rings. The molecule has 8 heteroatoms. The summed E-state index contributed by atoms with van der Waals surface area (Å²) in [6.07, 6.45) is 4.61. The predicted molar refractivity (Wildman–Crippen MR) is 94.7 cm³/mol. The van der Waals surface area contributed by atoms with Crippen LogP contribution in [0.25, 0.3) is 0 Å². The van der Waals surface area contributed by atoms with Crippen LogP contribution in [-0.4, -0.2) is 39.2 Å². The van der Waals surface area contributed by atoms with Crippen molar-refractivity contribution in [1.29, 1.82) is 0 Å². The van der Waals surface area contributed by atoms with Crippen LogP contribution < -0.4 is 10.8 Å². The van der Waals surface area contributed by atoms with Crippen molar-refractivity contribution in [3.63, 3.8) is 0 Å². The highest BCUT2D eigenvalue weighted by molar-refractivity contribution is 6.62. The van der Waals surface area contributed by atoms with Crippen molar-refractivity contribution >= 4 is 24.3 Å². The van der Waals surface area contributed by atoms with Gasteiger partial charge >= 0.3 is 7.12 Å². The van der Waals surface area contributed by atoms with Gasteiger partial charge in [-0.15, -0.1) is 0 Å². The van der Waals surface area contributed by atoms with Crippen molar-refractivity contribution in [2.45, 2.75) is 45.8 Å². The second-order valence-corrected chi connectivity index (χ2v) is 7.04. The van der Waals surface area contributed by atoms with Gasteiger partial charge in [0.25, 0.3) is 5.91 Å². The molecule has 0 radical (unpaired) electrons. The number of pyridine rings is 1. The van der Waals surface area contributed by atoms with Crippen molar-refractivity contribution in [2.75, 3.05) is 5.32 Å². The first-order chi connectivity index (χ1) is 11.7. The second-order valence-electron chi connectivity index (χ2n) is 7.04. The van der Waals surface area contributed by atoms with Crippen LogP contribution in [0, 0.1) is 6.92 Å². The third kappa shape index (κ3) is 3.55. The number of aromatic nitrogens is 3. The highest BCUT2D eigenvalue weighted by Crippen LogP contribution is 2.36. The lowest BCUT2D eigenvalue weighted by molar-refractivity contribution is 0.00578. The summed E-state index contributed by atoms with van der Waals surface area (Å²) < 4.78 is 12.0. The van der Waals surface area contributed by atoms with Gasteiger partial charge < -0.3 is 14.6 Å². The average Bonchev–Trinajstić information content (AvgIpc) is 2.76. The van der Waals surface area contributed by atoms with Crippen molar-refractivity contribution < 1.29 is 14.1 Å². The summed E-state index contributed by atoms with van der Waals surface area (Å²) in [5, 5.41) is 2.72. The van der Waals surface area contributed by atoms with Gasteiger partial charge in [-0.3, -0.25) is 4.79 Å². The average molecular weight is 340 g/mol. The fraction of sp³-hybridized carbons (Fsp3) is 0.412. The lowest BCUT2D eigenvalue weighted by Crippen LogP contribution is -2.41. The van der Waals surface area contributed by atoms with Gasteiger partial charge in [0.1, 0.15) is 11.6 Å². The molecule has 1 saturated heterocycles. The number of hydrogen-bond acceptors (Lipinski definition) is 6. The van der Waals surface area contributed by atoms with Gasteiger partial charge in [0.2, 0.25) is 0 Å². The van der Waals surface area contributed by atoms with Crippen LogP contribution in [-0.2, 0) is 9.31 Å². The number of rotatable bonds is 3. The van der Waals surface area contributed by atoms with Crippen LogP contribution in [0.5, 0.6) is 0 Å². The first-order valence-electron chi connectivity index (χ1n) is 8.09. The van der Waals surface area contributed by atoms with Crippen molar-refractivity contribution in [2.24, 2.45) is 0 Å². The van der Waals surface area contributed by atoms with Gasteiger partial charge in [0, 0.05) is 24.1 Å². The summed E-state index contributed by atoms with van der Waals surface area (Å²) >= 11 is 0. The highest BCUT2D eigenvalue weighted by atomic mass is 16.7. The number of nitrogens with zero attached hydrogens (tertiary/aromatic N) is 3. The number of amides is 1. The monoisotopic (exact) mass is 340 g/mol. The minimum Gasteiger partial charge on any atom is -0.399 e. The number of carbonyl (C=O) groups excluding carboxylic acids is 1. The Labute approximate surface area is 147 Å². The molecule has 25 heavy (non-hydrogen) atoms. The van der Waals surface area contributed by atoms with Crippen molar-refractivity contribution in [3.8, 4) is 0 Å². The van der Waals surface area contributed by atoms with Gasteiger partial charge in [-0.1, -0.05) is 6.07 Å². The summed E-state index contributed by atoms with van der Waals surface area (Å²) in [5.74, 6) is 0.739. The Morgan fingerprint density at radius 1 is 1.00 bits per heavy atom. The summed E-state index contributed by atoms with van der Waals surface area (Å²) in [5.41, 5.74) is 0.365. The molecule has 3 rings (SSSR count). The summed E-state index contributed by atoms with van der Waals surface area (Å²) in [6.45, 7) is 9.76. The molecule has 2 aromatic rings. The number of anilines is 1. The van der Waals surface area contributed by atoms with Crippen LogP contribution in [0.1, 0.15) is 43.9 Å². The topological polar surface area (TPSA) is 86.2 Å². The predicted octanol–water partition coefficient (Wildman–Crippen LogP) is 1.73. The fourth-order valence-corrected chi connectivity index (χ4v) is 2.30. The maximum atomic E-state index is 12.2. The van der Waals surface area contributed by atoms with Gasteiger partial charge in [0.15, 0.2) is 0 Å². The summed E-state index contributed by atoms with van der Waals surface area (Å²) in [7, 11) is -0.479. The van der Waals surface area contributed by atoms with E-state index < -0.39 is 18.3 Å². The molecule has 1 aliphatic rings. The van der Waals surface area contributed by atoms with E-state index in [4.69, 9.17) is 9.31 Å². The zero-order valence-corrected chi connectivity index (χ0v) is 15.0. The molecule has 2 aromatic heterocycles. The van der Waals surface area contributed by atoms with Gasteiger partial charge in [-0.25, -0.2) is 15.0 Å². The summed E-state index contributed by atoms with van der Waals surface area (Å²) in [4.78, 5) is 24.4. The number of hydrogen-bond donors (Lipinski definition) is 1. The molecule has 0 spiro atoms. The molecule has 0 unspecified atom stereocenters. The maximum Gasteiger partial charge on any atom is 0.496 e. The molecule has 1 N–H and O–H groups in total. The lowest BCUT2D eigenvalue weighted by Gasteiger charge is -2.32. The largest absolute Gasteiger partial charge is 0.496 e. The Balaban J connectivity index is 1.69. The zero-order chi connectivity index (χ0) is 18.2. The molecule has 1 amide bonds. The quantitative estimate of drug-likeness (QED) is 0.857. The van der Waals surface area contributed by atoms with Crippen molar-refractivity contribution in [1.82, 2.24) is 15.0 Å². The SMILES string of the molecule is Cc1ncc(C(=O)Nc2ccc(B3OC(C)(C)C(C)(C)O3)cn2)cn1. The number of aryl methyl sites for hydroxylation is 1. The molecule has 1 aliphatic heterocycles. The van der Waals surface area contributed by atoms with E-state index in [1.165, 1.54) is 12.4 Å². The highest BCUT2D eigenvalue weighted by Gasteiger charge is 2.51. The van der Waals surface area contributed by atoms with E-state index in [0.29, 0.717) is 17.2 Å². The molecule has 0 saturated carbocycles. The van der Waals surface area contributed by atoms with E-state index in [2.05, 4.69) is 20.3 Å². The third-order valence-electron chi connectivity index (χ3n) is 4.60. The molecule has 0 aromatic carbocycles. The van der Waals surface area contributed by atoms with Gasteiger partial charge in [0.05, 0.1) is 16.8 Å². The lowest BCUT2D eigenvalue weighted by atomic mass is 9.80. The molecule has 0 bridgehead atoms. The third-order valence-corrected chi connectivity index (χ3v) is 4.60. The van der Waals surface area contributed by atoms with E-state index in [1.54, 1.807) is 19.2 Å². The molecule has 130 valence electrons. The standard InChI is InChI=1S/C17H21BN4O3/c1-11-19-8-12(9-20-11)15(23)22-14-7-6-13(10-21-14)18-24-16(2,3)17(4,5)25-18/h6-10H,1-5H3,(H,21,22,23). The van der Waals surface area contributed by atoms with Gasteiger partial charge in [-0.05, 0) is 40.7 Å². The number of carbonyl (C=O) groups is 1. The molecular formula is C17H21BN4O3.